The summed E-state index contributed by atoms with van der Waals surface area (Å²) in [6, 6.07) is 21.2. The SMILES string of the molecule is O=C(CSc1nnc(-c2ccco2)n1Cc1ccccc1)NC[C@@H]1COc2ccccc2O1. The van der Waals surface area contributed by atoms with Crippen molar-refractivity contribution in [3.63, 3.8) is 0 Å². The zero-order valence-corrected chi connectivity index (χ0v) is 18.5. The number of carbonyl (C=O) groups excluding carboxylic acids is 1. The van der Waals surface area contributed by atoms with Gasteiger partial charge in [0.05, 0.1) is 25.1 Å². The third kappa shape index (κ3) is 5.04. The van der Waals surface area contributed by atoms with Crippen LogP contribution in [0.4, 0.5) is 0 Å². The minimum atomic E-state index is -0.235. The molecule has 2 aromatic carbocycles. The van der Waals surface area contributed by atoms with Crippen molar-refractivity contribution in [2.24, 2.45) is 0 Å². The molecule has 8 nitrogen and oxygen atoms in total. The maximum atomic E-state index is 12.5. The zero-order chi connectivity index (χ0) is 22.5. The maximum absolute atomic E-state index is 12.5. The largest absolute Gasteiger partial charge is 0.486 e. The molecule has 3 heterocycles. The fourth-order valence-corrected chi connectivity index (χ4v) is 4.23. The molecule has 0 radical (unpaired) electrons. The third-order valence-electron chi connectivity index (χ3n) is 5.07. The predicted molar refractivity (Wildman–Crippen MR) is 123 cm³/mol. The highest BCUT2D eigenvalue weighted by molar-refractivity contribution is 7.99. The van der Waals surface area contributed by atoms with Crippen LogP contribution in [-0.2, 0) is 11.3 Å². The highest BCUT2D eigenvalue weighted by Crippen LogP contribution is 2.30. The second-order valence-electron chi connectivity index (χ2n) is 7.45. The van der Waals surface area contributed by atoms with Gasteiger partial charge in [0.1, 0.15) is 12.7 Å². The molecular formula is C24H22N4O4S. The summed E-state index contributed by atoms with van der Waals surface area (Å²) in [5.41, 5.74) is 1.10. The van der Waals surface area contributed by atoms with Gasteiger partial charge in [-0.1, -0.05) is 54.2 Å². The summed E-state index contributed by atoms with van der Waals surface area (Å²) in [7, 11) is 0. The molecule has 168 valence electrons. The van der Waals surface area contributed by atoms with Gasteiger partial charge < -0.3 is 19.2 Å². The number of hydrogen-bond acceptors (Lipinski definition) is 7. The van der Waals surface area contributed by atoms with E-state index in [-0.39, 0.29) is 17.8 Å². The summed E-state index contributed by atoms with van der Waals surface area (Å²) in [6.07, 6.45) is 1.37. The second kappa shape index (κ2) is 9.83. The van der Waals surface area contributed by atoms with Crippen molar-refractivity contribution >= 4 is 17.7 Å². The van der Waals surface area contributed by atoms with Crippen molar-refractivity contribution < 1.29 is 18.7 Å². The van der Waals surface area contributed by atoms with Crippen LogP contribution in [0.25, 0.3) is 11.6 Å². The molecule has 9 heteroatoms. The van der Waals surface area contributed by atoms with Crippen molar-refractivity contribution in [2.45, 2.75) is 17.8 Å². The Morgan fingerprint density at radius 1 is 1.03 bits per heavy atom. The van der Waals surface area contributed by atoms with Gasteiger partial charge in [-0.3, -0.25) is 9.36 Å². The molecule has 1 atom stereocenters. The summed E-state index contributed by atoms with van der Waals surface area (Å²) in [4.78, 5) is 12.5. The Labute approximate surface area is 194 Å². The summed E-state index contributed by atoms with van der Waals surface area (Å²) in [6.45, 7) is 1.32. The molecule has 0 aliphatic carbocycles. The first-order valence-electron chi connectivity index (χ1n) is 10.6. The monoisotopic (exact) mass is 462 g/mol. The number of nitrogens with zero attached hydrogens (tertiary/aromatic N) is 3. The molecule has 0 spiro atoms. The fourth-order valence-electron chi connectivity index (χ4n) is 3.46. The molecular weight excluding hydrogens is 440 g/mol. The number of para-hydroxylation sites is 2. The normalized spacial score (nSPS) is 14.7. The lowest BCUT2D eigenvalue weighted by Gasteiger charge is -2.26. The first kappa shape index (κ1) is 21.1. The van der Waals surface area contributed by atoms with Crippen molar-refractivity contribution in [1.82, 2.24) is 20.1 Å². The minimum Gasteiger partial charge on any atom is -0.486 e. The van der Waals surface area contributed by atoms with E-state index in [0.29, 0.717) is 42.2 Å². The smallest absolute Gasteiger partial charge is 0.230 e. The molecule has 0 saturated heterocycles. The van der Waals surface area contributed by atoms with Gasteiger partial charge in [0.25, 0.3) is 0 Å². The van der Waals surface area contributed by atoms with E-state index in [1.54, 1.807) is 6.26 Å². The molecule has 4 aromatic rings. The number of rotatable bonds is 8. The van der Waals surface area contributed by atoms with Gasteiger partial charge in [-0.15, -0.1) is 10.2 Å². The first-order chi connectivity index (χ1) is 16.3. The van der Waals surface area contributed by atoms with E-state index < -0.39 is 0 Å². The van der Waals surface area contributed by atoms with E-state index in [9.17, 15) is 4.79 Å². The standard InChI is InChI=1S/C24H22N4O4S/c29-22(25-13-18-15-31-19-9-4-5-10-20(19)32-18)16-33-24-27-26-23(21-11-6-12-30-21)28(24)14-17-7-2-1-3-8-17/h1-12,18H,13-16H2,(H,25,29)/t18-/m1/s1. The van der Waals surface area contributed by atoms with Gasteiger partial charge in [0.2, 0.25) is 11.7 Å². The number of benzene rings is 2. The van der Waals surface area contributed by atoms with Crippen LogP contribution in [0.15, 0.2) is 82.6 Å². The van der Waals surface area contributed by atoms with Crippen molar-refractivity contribution in [2.75, 3.05) is 18.9 Å². The number of carbonyl (C=O) groups is 1. The third-order valence-corrected chi connectivity index (χ3v) is 6.04. The van der Waals surface area contributed by atoms with Gasteiger partial charge in [-0.25, -0.2) is 0 Å². The molecule has 33 heavy (non-hydrogen) atoms. The Morgan fingerprint density at radius 2 is 1.85 bits per heavy atom. The number of nitrogens with one attached hydrogen (secondary N) is 1. The van der Waals surface area contributed by atoms with Gasteiger partial charge in [-0.05, 0) is 29.8 Å². The molecule has 1 N–H and O–H groups in total. The topological polar surface area (TPSA) is 91.4 Å². The second-order valence-corrected chi connectivity index (χ2v) is 8.39. The average Bonchev–Trinajstić information content (AvgIpc) is 3.52. The molecule has 5 rings (SSSR count). The fraction of sp³-hybridized carbons (Fsp3) is 0.208. The Morgan fingerprint density at radius 3 is 2.67 bits per heavy atom. The van der Waals surface area contributed by atoms with Gasteiger partial charge in [0.15, 0.2) is 22.4 Å². The summed E-state index contributed by atoms with van der Waals surface area (Å²) >= 11 is 1.33. The Bertz CT molecular complexity index is 1210. The number of hydrogen-bond donors (Lipinski definition) is 1. The number of aromatic nitrogens is 3. The maximum Gasteiger partial charge on any atom is 0.230 e. The molecule has 1 aliphatic rings. The lowest BCUT2D eigenvalue weighted by molar-refractivity contribution is -0.119. The lowest BCUT2D eigenvalue weighted by Crippen LogP contribution is -2.41. The molecule has 0 saturated carbocycles. The van der Waals surface area contributed by atoms with Gasteiger partial charge in [0, 0.05) is 0 Å². The van der Waals surface area contributed by atoms with E-state index in [0.717, 1.165) is 11.3 Å². The van der Waals surface area contributed by atoms with Crippen LogP contribution in [0.2, 0.25) is 0 Å². The average molecular weight is 463 g/mol. The minimum absolute atomic E-state index is 0.115. The quantitative estimate of drug-likeness (QED) is 0.400. The lowest BCUT2D eigenvalue weighted by atomic mass is 10.2. The van der Waals surface area contributed by atoms with Crippen LogP contribution in [0.5, 0.6) is 11.5 Å². The van der Waals surface area contributed by atoms with Crippen LogP contribution in [0, 0.1) is 0 Å². The highest BCUT2D eigenvalue weighted by atomic mass is 32.2. The van der Waals surface area contributed by atoms with E-state index in [1.165, 1.54) is 11.8 Å². The number of furan rings is 1. The van der Waals surface area contributed by atoms with Crippen LogP contribution >= 0.6 is 11.8 Å². The molecule has 0 unspecified atom stereocenters. The van der Waals surface area contributed by atoms with E-state index >= 15 is 0 Å². The summed E-state index contributed by atoms with van der Waals surface area (Å²) < 4.78 is 19.1. The van der Waals surface area contributed by atoms with Crippen LogP contribution in [-0.4, -0.2) is 45.7 Å². The van der Waals surface area contributed by atoms with E-state index in [4.69, 9.17) is 13.9 Å². The van der Waals surface area contributed by atoms with E-state index in [1.807, 2.05) is 71.3 Å². The molecule has 1 aliphatic heterocycles. The molecule has 0 fully saturated rings. The Hall–Kier alpha value is -3.72. The first-order valence-corrected chi connectivity index (χ1v) is 11.5. The summed E-state index contributed by atoms with van der Waals surface area (Å²) in [5, 5.41) is 12.2. The van der Waals surface area contributed by atoms with Crippen LogP contribution in [0.3, 0.4) is 0 Å². The Balaban J connectivity index is 1.21. The predicted octanol–water partition coefficient (Wildman–Crippen LogP) is 3.63. The number of amides is 1. The molecule has 1 amide bonds. The number of ether oxygens (including phenoxy) is 2. The zero-order valence-electron chi connectivity index (χ0n) is 17.7. The van der Waals surface area contributed by atoms with Gasteiger partial charge >= 0.3 is 0 Å². The number of fused-ring (bicyclic) bond motifs is 1. The highest BCUT2D eigenvalue weighted by Gasteiger charge is 2.22. The van der Waals surface area contributed by atoms with Crippen molar-refractivity contribution in [3.8, 4) is 23.1 Å². The van der Waals surface area contributed by atoms with Crippen molar-refractivity contribution in [1.29, 1.82) is 0 Å². The Kier molecular flexibility index (Phi) is 6.30. The van der Waals surface area contributed by atoms with Crippen LogP contribution < -0.4 is 14.8 Å². The van der Waals surface area contributed by atoms with Crippen LogP contribution in [0.1, 0.15) is 5.56 Å². The number of thioether (sulfide) groups is 1. The van der Waals surface area contributed by atoms with Gasteiger partial charge in [-0.2, -0.15) is 0 Å². The van der Waals surface area contributed by atoms with Crippen molar-refractivity contribution in [3.05, 3.63) is 78.6 Å². The summed E-state index contributed by atoms with van der Waals surface area (Å²) in [5.74, 6) is 2.76. The van der Waals surface area contributed by atoms with E-state index in [2.05, 4.69) is 15.5 Å². The molecule has 2 aromatic heterocycles. The molecule has 0 bridgehead atoms.